The highest BCUT2D eigenvalue weighted by Gasteiger charge is 2.35. The van der Waals surface area contributed by atoms with E-state index in [4.69, 9.17) is 0 Å². The topological polar surface area (TPSA) is 87.7 Å². The molecule has 136 valence electrons. The molecule has 1 unspecified atom stereocenters. The van der Waals surface area contributed by atoms with Crippen LogP contribution in [-0.4, -0.2) is 55.5 Å². The van der Waals surface area contributed by atoms with E-state index < -0.39 is 18.5 Å². The standard InChI is InChI=1S/C16H15F3N6O/c17-16(18,19)6-12(26)25-5-1-2-9(8-25)11-7-21-22-15-13(11)10-3-4-20-14(10)23-24-15/h3-4,7,9H,1-2,5-6,8H2,(H,20,23). The van der Waals surface area contributed by atoms with Crippen LogP contribution in [0.3, 0.4) is 0 Å². The van der Waals surface area contributed by atoms with Crippen molar-refractivity contribution in [3.05, 3.63) is 24.0 Å². The molecule has 1 N–H and O–H groups in total. The molecule has 0 spiro atoms. The van der Waals surface area contributed by atoms with Crippen LogP contribution in [0.25, 0.3) is 22.1 Å². The highest BCUT2D eigenvalue weighted by atomic mass is 19.4. The predicted molar refractivity (Wildman–Crippen MR) is 86.2 cm³/mol. The van der Waals surface area contributed by atoms with Gasteiger partial charge in [-0.25, -0.2) is 0 Å². The van der Waals surface area contributed by atoms with Crippen molar-refractivity contribution >= 4 is 28.0 Å². The van der Waals surface area contributed by atoms with Gasteiger partial charge in [0.2, 0.25) is 11.6 Å². The Bertz CT molecular complexity index is 969. The van der Waals surface area contributed by atoms with Gasteiger partial charge in [0.15, 0.2) is 5.65 Å². The molecule has 1 atom stereocenters. The van der Waals surface area contributed by atoms with E-state index in [1.807, 2.05) is 6.07 Å². The van der Waals surface area contributed by atoms with Crippen molar-refractivity contribution in [2.45, 2.75) is 31.4 Å². The quantitative estimate of drug-likeness (QED) is 0.755. The van der Waals surface area contributed by atoms with Gasteiger partial charge in [-0.2, -0.15) is 18.3 Å². The van der Waals surface area contributed by atoms with Gasteiger partial charge in [0, 0.05) is 36.0 Å². The molecule has 3 aromatic rings. The van der Waals surface area contributed by atoms with Crippen LogP contribution in [0.2, 0.25) is 0 Å². The number of aromatic amines is 1. The van der Waals surface area contributed by atoms with Crippen molar-refractivity contribution in [3.8, 4) is 0 Å². The minimum absolute atomic E-state index is 0.124. The zero-order chi connectivity index (χ0) is 18.3. The van der Waals surface area contributed by atoms with Gasteiger partial charge in [-0.15, -0.1) is 15.3 Å². The maximum atomic E-state index is 12.5. The van der Waals surface area contributed by atoms with Crippen molar-refractivity contribution in [2.24, 2.45) is 0 Å². The summed E-state index contributed by atoms with van der Waals surface area (Å²) in [4.78, 5) is 16.2. The number of hydrogen-bond donors (Lipinski definition) is 1. The number of rotatable bonds is 2. The fraction of sp³-hybridized carbons (Fsp3) is 0.438. The average molecular weight is 364 g/mol. The van der Waals surface area contributed by atoms with Gasteiger partial charge in [0.1, 0.15) is 6.42 Å². The van der Waals surface area contributed by atoms with Gasteiger partial charge in [-0.1, -0.05) is 0 Å². The molecule has 10 heteroatoms. The summed E-state index contributed by atoms with van der Waals surface area (Å²) in [6.45, 7) is 0.561. The second-order valence-corrected chi connectivity index (χ2v) is 6.41. The van der Waals surface area contributed by atoms with Crippen LogP contribution in [0.15, 0.2) is 18.5 Å². The Morgan fingerprint density at radius 3 is 2.96 bits per heavy atom. The zero-order valence-electron chi connectivity index (χ0n) is 13.6. The molecule has 1 aliphatic rings. The number of alkyl halides is 3. The monoisotopic (exact) mass is 364 g/mol. The van der Waals surface area contributed by atoms with Gasteiger partial charge < -0.3 is 9.88 Å². The number of hydrogen-bond acceptors (Lipinski definition) is 5. The number of piperidine rings is 1. The molecule has 1 fully saturated rings. The Hall–Kier alpha value is -2.78. The smallest absolute Gasteiger partial charge is 0.345 e. The summed E-state index contributed by atoms with van der Waals surface area (Å²) in [7, 11) is 0. The van der Waals surface area contributed by atoms with Crippen molar-refractivity contribution < 1.29 is 18.0 Å². The number of likely N-dealkylation sites (tertiary alicyclic amines) is 1. The number of amides is 1. The van der Waals surface area contributed by atoms with Crippen LogP contribution in [-0.2, 0) is 4.79 Å². The summed E-state index contributed by atoms with van der Waals surface area (Å²) in [6.07, 6.45) is -1.19. The van der Waals surface area contributed by atoms with Gasteiger partial charge in [0.05, 0.1) is 6.20 Å². The van der Waals surface area contributed by atoms with Gasteiger partial charge in [0.25, 0.3) is 0 Å². The minimum atomic E-state index is -4.50. The third kappa shape index (κ3) is 3.06. The molecular weight excluding hydrogens is 349 g/mol. The van der Waals surface area contributed by atoms with Gasteiger partial charge in [-0.05, 0) is 24.5 Å². The maximum absolute atomic E-state index is 12.5. The maximum Gasteiger partial charge on any atom is 0.397 e. The lowest BCUT2D eigenvalue weighted by Crippen LogP contribution is -2.41. The lowest BCUT2D eigenvalue weighted by atomic mass is 9.89. The molecule has 26 heavy (non-hydrogen) atoms. The van der Waals surface area contributed by atoms with Crippen LogP contribution < -0.4 is 0 Å². The Kier molecular flexibility index (Phi) is 3.97. The first kappa shape index (κ1) is 16.7. The molecule has 0 bridgehead atoms. The molecule has 0 saturated carbocycles. The van der Waals surface area contributed by atoms with Crippen LogP contribution in [0.5, 0.6) is 0 Å². The summed E-state index contributed by atoms with van der Waals surface area (Å²) in [5.74, 6) is -1.01. The Morgan fingerprint density at radius 1 is 1.31 bits per heavy atom. The van der Waals surface area contributed by atoms with Crippen molar-refractivity contribution in [3.63, 3.8) is 0 Å². The van der Waals surface area contributed by atoms with E-state index in [0.29, 0.717) is 24.3 Å². The summed E-state index contributed by atoms with van der Waals surface area (Å²) in [6, 6.07) is 1.85. The van der Waals surface area contributed by atoms with E-state index in [2.05, 4.69) is 25.4 Å². The second kappa shape index (κ2) is 6.19. The largest absolute Gasteiger partial charge is 0.397 e. The average Bonchev–Trinajstić information content (AvgIpc) is 3.09. The molecule has 3 aromatic heterocycles. The van der Waals surface area contributed by atoms with E-state index in [-0.39, 0.29) is 12.5 Å². The third-order valence-electron chi connectivity index (χ3n) is 4.67. The van der Waals surface area contributed by atoms with Crippen molar-refractivity contribution in [2.75, 3.05) is 13.1 Å². The van der Waals surface area contributed by atoms with E-state index in [0.717, 1.165) is 22.8 Å². The predicted octanol–water partition coefficient (Wildman–Crippen LogP) is 2.56. The van der Waals surface area contributed by atoms with Crippen LogP contribution in [0.4, 0.5) is 13.2 Å². The van der Waals surface area contributed by atoms with E-state index in [1.54, 1.807) is 12.4 Å². The van der Waals surface area contributed by atoms with Crippen LogP contribution in [0, 0.1) is 0 Å². The van der Waals surface area contributed by atoms with Crippen LogP contribution in [0.1, 0.15) is 30.7 Å². The van der Waals surface area contributed by atoms with Crippen molar-refractivity contribution in [1.82, 2.24) is 30.3 Å². The fourth-order valence-corrected chi connectivity index (χ4v) is 3.53. The number of carbonyl (C=O) groups excluding carboxylic acids is 1. The van der Waals surface area contributed by atoms with Gasteiger partial charge >= 0.3 is 6.18 Å². The molecule has 1 aliphatic heterocycles. The highest BCUT2D eigenvalue weighted by Crippen LogP contribution is 2.34. The zero-order valence-corrected chi connectivity index (χ0v) is 13.6. The first-order valence-electron chi connectivity index (χ1n) is 8.22. The molecule has 1 saturated heterocycles. The SMILES string of the molecule is O=C(CC(F)(F)F)N1CCCC(c2cnnc3nnc4[nH]ccc4c23)C1. The molecular formula is C16H15F3N6O. The molecule has 7 nitrogen and oxygen atoms in total. The van der Waals surface area contributed by atoms with E-state index >= 15 is 0 Å². The number of halogens is 3. The summed E-state index contributed by atoms with van der Waals surface area (Å²) >= 11 is 0. The third-order valence-corrected chi connectivity index (χ3v) is 4.67. The molecule has 0 aromatic carbocycles. The summed E-state index contributed by atoms with van der Waals surface area (Å²) in [5.41, 5.74) is 1.82. The van der Waals surface area contributed by atoms with E-state index in [9.17, 15) is 18.0 Å². The molecule has 4 rings (SSSR count). The Labute approximate surface area is 145 Å². The molecule has 1 amide bonds. The number of H-pyrrole nitrogens is 1. The van der Waals surface area contributed by atoms with Crippen molar-refractivity contribution in [1.29, 1.82) is 0 Å². The normalized spacial score (nSPS) is 18.6. The first-order chi connectivity index (χ1) is 12.4. The van der Waals surface area contributed by atoms with Crippen LogP contribution >= 0.6 is 0 Å². The summed E-state index contributed by atoms with van der Waals surface area (Å²) in [5, 5.41) is 17.7. The Balaban J connectivity index is 1.69. The highest BCUT2D eigenvalue weighted by molar-refractivity contribution is 6.03. The lowest BCUT2D eigenvalue weighted by Gasteiger charge is -2.33. The number of carbonyl (C=O) groups is 1. The number of fused-ring (bicyclic) bond motifs is 3. The van der Waals surface area contributed by atoms with Gasteiger partial charge in [-0.3, -0.25) is 4.79 Å². The molecule has 0 radical (unpaired) electrons. The second-order valence-electron chi connectivity index (χ2n) is 6.41. The summed E-state index contributed by atoms with van der Waals surface area (Å²) < 4.78 is 37.6. The minimum Gasteiger partial charge on any atom is -0.345 e. The fourth-order valence-electron chi connectivity index (χ4n) is 3.53. The number of aromatic nitrogens is 5. The van der Waals surface area contributed by atoms with E-state index in [1.165, 1.54) is 4.90 Å². The Morgan fingerprint density at radius 2 is 2.15 bits per heavy atom. The lowest BCUT2D eigenvalue weighted by molar-refractivity contribution is -0.162. The molecule has 0 aliphatic carbocycles. The molecule has 4 heterocycles. The number of nitrogens with zero attached hydrogens (tertiary/aromatic N) is 5. The first-order valence-corrected chi connectivity index (χ1v) is 8.22. The number of nitrogens with one attached hydrogen (secondary N) is 1.